The van der Waals surface area contributed by atoms with Gasteiger partial charge >= 0.3 is 6.18 Å². The zero-order chi connectivity index (χ0) is 17.5. The van der Waals surface area contributed by atoms with Crippen LogP contribution in [0.1, 0.15) is 29.6 Å². The number of carbonyl (C=O) groups is 1. The molecule has 0 aliphatic heterocycles. The molecular weight excluding hydrogens is 333 g/mol. The maximum atomic E-state index is 13.7. The number of imidazole rings is 1. The van der Waals surface area contributed by atoms with Crippen molar-refractivity contribution in [2.24, 2.45) is 5.92 Å². The maximum Gasteiger partial charge on any atom is 0.413 e. The lowest BCUT2D eigenvalue weighted by Crippen LogP contribution is -2.40. The van der Waals surface area contributed by atoms with Gasteiger partial charge < -0.3 is 10.3 Å². The summed E-state index contributed by atoms with van der Waals surface area (Å²) in [6, 6.07) is -0.352. The Bertz CT molecular complexity index is 724. The predicted molar refractivity (Wildman–Crippen MR) is 72.7 cm³/mol. The fourth-order valence-corrected chi connectivity index (χ4v) is 2.65. The van der Waals surface area contributed by atoms with Gasteiger partial charge in [0.05, 0.1) is 11.9 Å². The number of halogens is 5. The van der Waals surface area contributed by atoms with E-state index in [1.807, 2.05) is 0 Å². The molecule has 1 amide bonds. The average Bonchev–Trinajstić information content (AvgIpc) is 3.11. The molecule has 1 aromatic carbocycles. The Labute approximate surface area is 133 Å². The van der Waals surface area contributed by atoms with Crippen LogP contribution in [0.5, 0.6) is 0 Å². The van der Waals surface area contributed by atoms with Crippen LogP contribution in [0.15, 0.2) is 30.7 Å². The van der Waals surface area contributed by atoms with E-state index in [1.54, 1.807) is 5.32 Å². The summed E-state index contributed by atoms with van der Waals surface area (Å²) < 4.78 is 67.0. The standard InChI is InChI=1S/C15H12F5N3O/c16-9-2-1-3-10(17)12(9)13(15(18,19)20)23-14(24)8-4-7(8)11-5-21-6-22-11/h1-3,5-8,13H,4H2,(H,21,22)(H,23,24)/t7-,8-,13?/m1/s1. The molecule has 1 unspecified atom stereocenters. The Balaban J connectivity index is 1.80. The molecule has 1 fully saturated rings. The van der Waals surface area contributed by atoms with E-state index in [2.05, 4.69) is 9.97 Å². The number of hydrogen-bond donors (Lipinski definition) is 2. The first-order valence-corrected chi connectivity index (χ1v) is 7.08. The van der Waals surface area contributed by atoms with E-state index < -0.39 is 41.2 Å². The molecule has 128 valence electrons. The van der Waals surface area contributed by atoms with Crippen LogP contribution in [0.3, 0.4) is 0 Å². The minimum Gasteiger partial charge on any atom is -0.348 e. The van der Waals surface area contributed by atoms with Crippen LogP contribution in [-0.4, -0.2) is 22.1 Å². The zero-order valence-corrected chi connectivity index (χ0v) is 12.1. The van der Waals surface area contributed by atoms with Crippen LogP contribution in [0, 0.1) is 17.6 Å². The topological polar surface area (TPSA) is 57.8 Å². The normalized spacial score (nSPS) is 21.4. The Morgan fingerprint density at radius 1 is 1.29 bits per heavy atom. The van der Waals surface area contributed by atoms with Gasteiger partial charge in [-0.15, -0.1) is 0 Å². The molecule has 4 nitrogen and oxygen atoms in total. The van der Waals surface area contributed by atoms with Crippen molar-refractivity contribution in [3.05, 3.63) is 53.6 Å². The van der Waals surface area contributed by atoms with Gasteiger partial charge in [-0.05, 0) is 18.6 Å². The lowest BCUT2D eigenvalue weighted by molar-refractivity contribution is -0.164. The van der Waals surface area contributed by atoms with Gasteiger partial charge in [0.15, 0.2) is 6.04 Å². The molecule has 0 saturated heterocycles. The monoisotopic (exact) mass is 345 g/mol. The van der Waals surface area contributed by atoms with Gasteiger partial charge in [0.25, 0.3) is 0 Å². The number of nitrogens with zero attached hydrogens (tertiary/aromatic N) is 1. The van der Waals surface area contributed by atoms with Crippen LogP contribution in [-0.2, 0) is 4.79 Å². The largest absolute Gasteiger partial charge is 0.413 e. The highest BCUT2D eigenvalue weighted by Gasteiger charge is 2.50. The molecule has 2 N–H and O–H groups in total. The van der Waals surface area contributed by atoms with Crippen molar-refractivity contribution in [3.8, 4) is 0 Å². The van der Waals surface area contributed by atoms with Crippen LogP contribution >= 0.6 is 0 Å². The Morgan fingerprint density at radius 2 is 1.96 bits per heavy atom. The second-order valence-corrected chi connectivity index (χ2v) is 5.57. The van der Waals surface area contributed by atoms with E-state index in [0.717, 1.165) is 6.07 Å². The van der Waals surface area contributed by atoms with Crippen LogP contribution in [0.4, 0.5) is 22.0 Å². The van der Waals surface area contributed by atoms with Crippen molar-refractivity contribution >= 4 is 5.91 Å². The summed E-state index contributed by atoms with van der Waals surface area (Å²) in [6.45, 7) is 0. The molecule has 1 heterocycles. The van der Waals surface area contributed by atoms with Gasteiger partial charge in [0, 0.05) is 23.7 Å². The molecule has 1 aromatic heterocycles. The van der Waals surface area contributed by atoms with E-state index >= 15 is 0 Å². The first-order valence-electron chi connectivity index (χ1n) is 7.08. The third kappa shape index (κ3) is 3.10. The van der Waals surface area contributed by atoms with Gasteiger partial charge in [-0.2, -0.15) is 13.2 Å². The first-order chi connectivity index (χ1) is 11.3. The second-order valence-electron chi connectivity index (χ2n) is 5.57. The number of benzene rings is 1. The predicted octanol–water partition coefficient (Wildman–Crippen LogP) is 3.21. The summed E-state index contributed by atoms with van der Waals surface area (Å²) in [5.41, 5.74) is -0.576. The summed E-state index contributed by atoms with van der Waals surface area (Å²) in [7, 11) is 0. The molecule has 1 aliphatic carbocycles. The van der Waals surface area contributed by atoms with E-state index in [1.165, 1.54) is 12.5 Å². The van der Waals surface area contributed by atoms with Crippen molar-refractivity contribution in [1.82, 2.24) is 15.3 Å². The van der Waals surface area contributed by atoms with E-state index in [-0.39, 0.29) is 5.92 Å². The Hall–Kier alpha value is -2.45. The van der Waals surface area contributed by atoms with Crippen molar-refractivity contribution in [2.45, 2.75) is 24.6 Å². The van der Waals surface area contributed by atoms with Gasteiger partial charge in [-0.3, -0.25) is 4.79 Å². The van der Waals surface area contributed by atoms with E-state index in [4.69, 9.17) is 0 Å². The second kappa shape index (κ2) is 5.88. The molecule has 2 aromatic rings. The van der Waals surface area contributed by atoms with Crippen molar-refractivity contribution in [1.29, 1.82) is 0 Å². The number of aromatic nitrogens is 2. The first kappa shape index (κ1) is 16.4. The third-order valence-corrected chi connectivity index (χ3v) is 3.95. The molecule has 0 bridgehead atoms. The number of aromatic amines is 1. The Kier molecular flexibility index (Phi) is 4.02. The number of H-pyrrole nitrogens is 1. The summed E-state index contributed by atoms with van der Waals surface area (Å²) >= 11 is 0. The fourth-order valence-electron chi connectivity index (χ4n) is 2.65. The number of amides is 1. The summed E-state index contributed by atoms with van der Waals surface area (Å²) in [5, 5.41) is 1.73. The fraction of sp³-hybridized carbons (Fsp3) is 0.333. The molecule has 0 radical (unpaired) electrons. The summed E-state index contributed by atoms with van der Waals surface area (Å²) in [6.07, 6.45) is -1.80. The van der Waals surface area contributed by atoms with Gasteiger partial charge in [-0.25, -0.2) is 13.8 Å². The highest BCUT2D eigenvalue weighted by Crippen LogP contribution is 2.47. The van der Waals surface area contributed by atoms with Crippen LogP contribution in [0.25, 0.3) is 0 Å². The number of carbonyl (C=O) groups excluding carboxylic acids is 1. The lowest BCUT2D eigenvalue weighted by Gasteiger charge is -2.23. The maximum absolute atomic E-state index is 13.7. The minimum atomic E-state index is -5.03. The highest BCUT2D eigenvalue weighted by molar-refractivity contribution is 5.83. The number of alkyl halides is 3. The molecule has 1 saturated carbocycles. The summed E-state index contributed by atoms with van der Waals surface area (Å²) in [5.74, 6) is -4.59. The van der Waals surface area contributed by atoms with Crippen molar-refractivity contribution in [3.63, 3.8) is 0 Å². The van der Waals surface area contributed by atoms with Gasteiger partial charge in [0.2, 0.25) is 5.91 Å². The third-order valence-electron chi connectivity index (χ3n) is 3.95. The molecule has 3 rings (SSSR count). The SMILES string of the molecule is O=C(NC(c1c(F)cccc1F)C(F)(F)F)[C@@H]1C[C@H]1c1cnc[nH]1. The molecule has 24 heavy (non-hydrogen) atoms. The van der Waals surface area contributed by atoms with Gasteiger partial charge in [0.1, 0.15) is 11.6 Å². The smallest absolute Gasteiger partial charge is 0.348 e. The molecule has 0 spiro atoms. The zero-order valence-electron chi connectivity index (χ0n) is 12.1. The summed E-state index contributed by atoms with van der Waals surface area (Å²) in [4.78, 5) is 18.6. The van der Waals surface area contributed by atoms with Crippen LogP contribution < -0.4 is 5.32 Å². The van der Waals surface area contributed by atoms with Gasteiger partial charge in [-0.1, -0.05) is 6.07 Å². The number of hydrogen-bond acceptors (Lipinski definition) is 2. The Morgan fingerprint density at radius 3 is 2.50 bits per heavy atom. The molecule has 3 atom stereocenters. The quantitative estimate of drug-likeness (QED) is 0.836. The van der Waals surface area contributed by atoms with E-state index in [9.17, 15) is 26.7 Å². The molecule has 1 aliphatic rings. The van der Waals surface area contributed by atoms with E-state index in [0.29, 0.717) is 24.2 Å². The molecule has 9 heteroatoms. The van der Waals surface area contributed by atoms with Crippen LogP contribution in [0.2, 0.25) is 0 Å². The van der Waals surface area contributed by atoms with Crippen molar-refractivity contribution < 1.29 is 26.7 Å². The van der Waals surface area contributed by atoms with Crippen molar-refractivity contribution in [2.75, 3.05) is 0 Å². The number of rotatable bonds is 4. The lowest BCUT2D eigenvalue weighted by atomic mass is 10.0. The molecular formula is C15H12F5N3O. The highest BCUT2D eigenvalue weighted by atomic mass is 19.4. The average molecular weight is 345 g/mol. The minimum absolute atomic E-state index is 0.271. The number of nitrogens with one attached hydrogen (secondary N) is 2.